The second kappa shape index (κ2) is 16.9. The molecule has 0 saturated carbocycles. The fourth-order valence-electron chi connectivity index (χ4n) is 4.31. The Morgan fingerprint density at radius 2 is 1.29 bits per heavy atom. The van der Waals surface area contributed by atoms with Gasteiger partial charge in [-0.05, 0) is 44.2 Å². The monoisotopic (exact) mass is 580 g/mol. The van der Waals surface area contributed by atoms with E-state index in [4.69, 9.17) is 4.74 Å². The normalized spacial score (nSPS) is 13.8. The second-order valence-corrected chi connectivity index (χ2v) is 10.9. The number of amides is 4. The van der Waals surface area contributed by atoms with Crippen LogP contribution in [0.15, 0.2) is 60.7 Å². The molecule has 10 nitrogen and oxygen atoms in total. The molecule has 0 bridgehead atoms. The molecule has 0 spiro atoms. The van der Waals surface area contributed by atoms with Crippen LogP contribution in [-0.4, -0.2) is 53.8 Å². The molecule has 0 radical (unpaired) electrons. The molecule has 42 heavy (non-hydrogen) atoms. The number of ether oxygens (including phenoxy) is 1. The van der Waals surface area contributed by atoms with Crippen LogP contribution in [0.25, 0.3) is 0 Å². The van der Waals surface area contributed by atoms with Gasteiger partial charge in [0.15, 0.2) is 0 Å². The van der Waals surface area contributed by atoms with E-state index in [1.165, 1.54) is 0 Å². The van der Waals surface area contributed by atoms with Crippen molar-refractivity contribution in [3.8, 4) is 0 Å². The maximum absolute atomic E-state index is 13.6. The third-order valence-corrected chi connectivity index (χ3v) is 6.56. The van der Waals surface area contributed by atoms with Gasteiger partial charge in [-0.1, -0.05) is 87.9 Å². The SMILES string of the molecule is CCC[C@H](NC(=O)[C@H](Cc1ccccc1)NC(=O)[C@@H](NC(=O)OC(C)C)C(C)C)C(=O)C(=O)NC(C)c1ccccc1. The molecular weight excluding hydrogens is 536 g/mol. The first-order chi connectivity index (χ1) is 19.9. The van der Waals surface area contributed by atoms with Gasteiger partial charge in [-0.2, -0.15) is 0 Å². The topological polar surface area (TPSA) is 143 Å². The Hall–Kier alpha value is -4.21. The maximum atomic E-state index is 13.6. The van der Waals surface area contributed by atoms with Gasteiger partial charge in [-0.15, -0.1) is 0 Å². The molecule has 0 saturated heterocycles. The molecule has 4 atom stereocenters. The molecule has 0 fully saturated rings. The van der Waals surface area contributed by atoms with Gasteiger partial charge in [0, 0.05) is 6.42 Å². The Bertz CT molecular complexity index is 1190. The van der Waals surface area contributed by atoms with Gasteiger partial charge in [-0.25, -0.2) is 4.79 Å². The van der Waals surface area contributed by atoms with E-state index in [1.807, 2.05) is 67.6 Å². The molecule has 2 aromatic carbocycles. The van der Waals surface area contributed by atoms with Gasteiger partial charge in [0.05, 0.1) is 18.2 Å². The van der Waals surface area contributed by atoms with Crippen molar-refractivity contribution in [1.82, 2.24) is 21.3 Å². The number of nitrogens with one attached hydrogen (secondary N) is 4. The molecule has 0 aliphatic heterocycles. The summed E-state index contributed by atoms with van der Waals surface area (Å²) in [5.41, 5.74) is 1.62. The number of ketones is 1. The van der Waals surface area contributed by atoms with Crippen LogP contribution in [0.2, 0.25) is 0 Å². The predicted octanol–water partition coefficient (Wildman–Crippen LogP) is 3.60. The number of Topliss-reactive ketones (excluding diaryl/α,β-unsaturated/α-hetero) is 1. The number of alkyl carbamates (subject to hydrolysis) is 1. The molecule has 2 aromatic rings. The number of benzene rings is 2. The highest BCUT2D eigenvalue weighted by molar-refractivity contribution is 6.38. The largest absolute Gasteiger partial charge is 0.447 e. The van der Waals surface area contributed by atoms with Gasteiger partial charge in [-0.3, -0.25) is 19.2 Å². The van der Waals surface area contributed by atoms with Crippen LogP contribution in [0.4, 0.5) is 4.79 Å². The van der Waals surface area contributed by atoms with Crippen molar-refractivity contribution in [3.05, 3.63) is 71.8 Å². The molecule has 228 valence electrons. The lowest BCUT2D eigenvalue weighted by molar-refractivity contribution is -0.141. The summed E-state index contributed by atoms with van der Waals surface area (Å²) >= 11 is 0. The van der Waals surface area contributed by atoms with Crippen molar-refractivity contribution in [2.75, 3.05) is 0 Å². The zero-order valence-electron chi connectivity index (χ0n) is 25.3. The fourth-order valence-corrected chi connectivity index (χ4v) is 4.31. The molecule has 0 aromatic heterocycles. The average molecular weight is 581 g/mol. The van der Waals surface area contributed by atoms with E-state index < -0.39 is 53.8 Å². The molecule has 0 aliphatic rings. The van der Waals surface area contributed by atoms with Gasteiger partial charge in [0.2, 0.25) is 17.6 Å². The zero-order chi connectivity index (χ0) is 31.2. The lowest BCUT2D eigenvalue weighted by atomic mass is 10.00. The number of hydrogen-bond acceptors (Lipinski definition) is 6. The molecule has 1 unspecified atom stereocenters. The van der Waals surface area contributed by atoms with Crippen LogP contribution in [0.3, 0.4) is 0 Å². The maximum Gasteiger partial charge on any atom is 0.408 e. The first-order valence-electron chi connectivity index (χ1n) is 14.4. The molecule has 10 heteroatoms. The predicted molar refractivity (Wildman–Crippen MR) is 160 cm³/mol. The summed E-state index contributed by atoms with van der Waals surface area (Å²) < 4.78 is 5.13. The highest BCUT2D eigenvalue weighted by Gasteiger charge is 2.33. The first-order valence-corrected chi connectivity index (χ1v) is 14.4. The molecule has 4 N–H and O–H groups in total. The summed E-state index contributed by atoms with van der Waals surface area (Å²) in [6, 6.07) is 14.8. The van der Waals surface area contributed by atoms with E-state index in [9.17, 15) is 24.0 Å². The summed E-state index contributed by atoms with van der Waals surface area (Å²) in [5.74, 6) is -3.07. The smallest absolute Gasteiger partial charge is 0.408 e. The van der Waals surface area contributed by atoms with Gasteiger partial charge in [0.25, 0.3) is 5.91 Å². The minimum absolute atomic E-state index is 0.129. The van der Waals surface area contributed by atoms with Gasteiger partial charge in [0.1, 0.15) is 12.1 Å². The Labute approximate surface area is 248 Å². The highest BCUT2D eigenvalue weighted by atomic mass is 16.6. The van der Waals surface area contributed by atoms with E-state index in [2.05, 4.69) is 21.3 Å². The van der Waals surface area contributed by atoms with Gasteiger partial charge >= 0.3 is 6.09 Å². The third-order valence-electron chi connectivity index (χ3n) is 6.56. The van der Waals surface area contributed by atoms with Crippen LogP contribution < -0.4 is 21.3 Å². The van der Waals surface area contributed by atoms with Crippen molar-refractivity contribution in [1.29, 1.82) is 0 Å². The van der Waals surface area contributed by atoms with Crippen LogP contribution in [0.5, 0.6) is 0 Å². The van der Waals surface area contributed by atoms with E-state index in [0.29, 0.717) is 6.42 Å². The molecule has 0 heterocycles. The van der Waals surface area contributed by atoms with Crippen molar-refractivity contribution in [3.63, 3.8) is 0 Å². The van der Waals surface area contributed by atoms with Gasteiger partial charge < -0.3 is 26.0 Å². The standard InChI is InChI=1S/C32H44N4O6/c1-7-14-25(28(37)31(40)33-22(6)24-17-12-9-13-18-24)34-29(38)26(19-23-15-10-8-11-16-23)35-30(39)27(20(2)3)36-32(41)42-21(4)5/h8-13,15-18,20-22,25-27H,7,14,19H2,1-6H3,(H,33,40)(H,34,38)(H,35,39)(H,36,41)/t22?,25-,26-,27-/m0/s1. The minimum atomic E-state index is -1.08. The Balaban J connectivity index is 2.22. The third kappa shape index (κ3) is 11.0. The first kappa shape index (κ1) is 34.0. The quantitative estimate of drug-likeness (QED) is 0.237. The van der Waals surface area contributed by atoms with E-state index in [0.717, 1.165) is 11.1 Å². The Morgan fingerprint density at radius 3 is 1.83 bits per heavy atom. The number of carbonyl (C=O) groups is 5. The van der Waals surface area contributed by atoms with Crippen molar-refractivity contribution < 1.29 is 28.7 Å². The molecule has 2 rings (SSSR count). The molecule has 4 amide bonds. The van der Waals surface area contributed by atoms with Crippen LogP contribution in [-0.2, 0) is 30.3 Å². The lowest BCUT2D eigenvalue weighted by Crippen LogP contribution is -2.58. The van der Waals surface area contributed by atoms with Crippen molar-refractivity contribution >= 4 is 29.6 Å². The minimum Gasteiger partial charge on any atom is -0.447 e. The zero-order valence-corrected chi connectivity index (χ0v) is 25.3. The molecular formula is C32H44N4O6. The number of hydrogen-bond donors (Lipinski definition) is 4. The highest BCUT2D eigenvalue weighted by Crippen LogP contribution is 2.12. The average Bonchev–Trinajstić information content (AvgIpc) is 2.95. The second-order valence-electron chi connectivity index (χ2n) is 10.9. The summed E-state index contributed by atoms with van der Waals surface area (Å²) in [6.45, 7) is 10.5. The Kier molecular flexibility index (Phi) is 13.7. The van der Waals surface area contributed by atoms with Crippen LogP contribution in [0, 0.1) is 5.92 Å². The summed E-state index contributed by atoms with van der Waals surface area (Å²) in [7, 11) is 0. The Morgan fingerprint density at radius 1 is 0.714 bits per heavy atom. The van der Waals surface area contributed by atoms with E-state index >= 15 is 0 Å². The van der Waals surface area contributed by atoms with E-state index in [-0.39, 0.29) is 24.9 Å². The summed E-state index contributed by atoms with van der Waals surface area (Å²) in [6.07, 6.45) is -0.221. The number of rotatable bonds is 15. The van der Waals surface area contributed by atoms with Crippen molar-refractivity contribution in [2.45, 2.75) is 91.1 Å². The van der Waals surface area contributed by atoms with Crippen LogP contribution >= 0.6 is 0 Å². The molecule has 0 aliphatic carbocycles. The summed E-state index contributed by atoms with van der Waals surface area (Å²) in [5, 5.41) is 10.7. The van der Waals surface area contributed by atoms with E-state index in [1.54, 1.807) is 34.6 Å². The fraction of sp³-hybridized carbons (Fsp3) is 0.469. The summed E-state index contributed by atoms with van der Waals surface area (Å²) in [4.78, 5) is 65.2. The number of carbonyl (C=O) groups excluding carboxylic acids is 5. The lowest BCUT2D eigenvalue weighted by Gasteiger charge is -2.27. The van der Waals surface area contributed by atoms with Crippen LogP contribution in [0.1, 0.15) is 71.6 Å². The van der Waals surface area contributed by atoms with Crippen molar-refractivity contribution in [2.24, 2.45) is 5.92 Å².